The monoisotopic (exact) mass is 256 g/mol. The number of carbonyl (C=O) groups excluding carboxylic acids is 1. The number of Topliss-reactive ketones (excluding diaryl/α,β-unsaturated/α-hetero) is 1. The average Bonchev–Trinajstić information content (AvgIpc) is 2.57. The van der Waals surface area contributed by atoms with E-state index in [-0.39, 0.29) is 21.9 Å². The number of aromatic carboxylic acids is 1. The number of ketones is 1. The van der Waals surface area contributed by atoms with Crippen LogP contribution in [0.3, 0.4) is 0 Å². The highest BCUT2D eigenvalue weighted by Crippen LogP contribution is 2.20. The molecule has 0 aliphatic rings. The highest BCUT2D eigenvalue weighted by Gasteiger charge is 2.21. The maximum absolute atomic E-state index is 11.3. The molecule has 0 spiro atoms. The molecule has 0 bridgehead atoms. The Balaban J connectivity index is 2.93. The third-order valence-corrected chi connectivity index (χ3v) is 3.12. The van der Waals surface area contributed by atoms with Crippen LogP contribution in [0.1, 0.15) is 52.9 Å². The molecule has 2 N–H and O–H groups in total. The fourth-order valence-electron chi connectivity index (χ4n) is 1.16. The van der Waals surface area contributed by atoms with Crippen molar-refractivity contribution in [3.05, 3.63) is 15.6 Å². The minimum atomic E-state index is -1.16. The van der Waals surface area contributed by atoms with Crippen molar-refractivity contribution < 1.29 is 14.7 Å². The van der Waals surface area contributed by atoms with Gasteiger partial charge in [0.25, 0.3) is 0 Å². The fraction of sp³-hybridized carbons (Fsp3) is 0.545. The number of rotatable bonds is 4. The van der Waals surface area contributed by atoms with Crippen LogP contribution in [-0.2, 0) is 6.54 Å². The van der Waals surface area contributed by atoms with Gasteiger partial charge in [-0.3, -0.25) is 4.79 Å². The van der Waals surface area contributed by atoms with Gasteiger partial charge in [0.2, 0.25) is 0 Å². The molecule has 0 radical (unpaired) electrons. The molecule has 6 heteroatoms. The van der Waals surface area contributed by atoms with E-state index in [0.717, 1.165) is 11.3 Å². The first-order valence-electron chi connectivity index (χ1n) is 5.19. The van der Waals surface area contributed by atoms with Crippen molar-refractivity contribution in [1.82, 2.24) is 10.3 Å². The number of carbonyl (C=O) groups is 2. The molecule has 1 heterocycles. The van der Waals surface area contributed by atoms with Gasteiger partial charge in [-0.15, -0.1) is 11.3 Å². The Bertz CT molecular complexity index is 415. The van der Waals surface area contributed by atoms with Crippen molar-refractivity contribution in [3.63, 3.8) is 0 Å². The standard InChI is InChI=1S/C11H16N2O3S/c1-6(14)9-8(10(15)16)13-7(17-9)5-12-11(2,3)4/h12H,5H2,1-4H3,(H,15,16). The minimum absolute atomic E-state index is 0.0779. The number of hydrogen-bond acceptors (Lipinski definition) is 5. The zero-order valence-electron chi connectivity index (χ0n) is 10.3. The summed E-state index contributed by atoms with van der Waals surface area (Å²) >= 11 is 1.13. The van der Waals surface area contributed by atoms with Gasteiger partial charge in [0.1, 0.15) is 9.88 Å². The van der Waals surface area contributed by atoms with E-state index < -0.39 is 5.97 Å². The van der Waals surface area contributed by atoms with Crippen molar-refractivity contribution in [2.24, 2.45) is 0 Å². The predicted molar refractivity (Wildman–Crippen MR) is 65.7 cm³/mol. The molecule has 0 unspecified atom stereocenters. The van der Waals surface area contributed by atoms with Gasteiger partial charge in [-0.05, 0) is 20.8 Å². The Labute approximate surface area is 104 Å². The third kappa shape index (κ3) is 3.90. The average molecular weight is 256 g/mol. The van der Waals surface area contributed by atoms with E-state index in [1.807, 2.05) is 20.8 Å². The van der Waals surface area contributed by atoms with Crippen LogP contribution in [-0.4, -0.2) is 27.4 Å². The van der Waals surface area contributed by atoms with Gasteiger partial charge in [-0.25, -0.2) is 9.78 Å². The van der Waals surface area contributed by atoms with Crippen LogP contribution in [0.15, 0.2) is 0 Å². The van der Waals surface area contributed by atoms with Crippen LogP contribution >= 0.6 is 11.3 Å². The van der Waals surface area contributed by atoms with Gasteiger partial charge in [0.05, 0.1) is 0 Å². The smallest absolute Gasteiger partial charge is 0.356 e. The Morgan fingerprint density at radius 2 is 2.00 bits per heavy atom. The maximum Gasteiger partial charge on any atom is 0.356 e. The van der Waals surface area contributed by atoms with Crippen molar-refractivity contribution in [1.29, 1.82) is 0 Å². The summed E-state index contributed by atoms with van der Waals surface area (Å²) in [5.74, 6) is -1.42. The largest absolute Gasteiger partial charge is 0.476 e. The normalized spacial score (nSPS) is 11.5. The summed E-state index contributed by atoms with van der Waals surface area (Å²) in [6.45, 7) is 7.82. The molecular formula is C11H16N2O3S. The maximum atomic E-state index is 11.3. The summed E-state index contributed by atoms with van der Waals surface area (Å²) in [5.41, 5.74) is -0.223. The second-order valence-electron chi connectivity index (χ2n) is 4.75. The zero-order valence-corrected chi connectivity index (χ0v) is 11.1. The molecule has 5 nitrogen and oxygen atoms in total. The Hall–Kier alpha value is -1.27. The quantitative estimate of drug-likeness (QED) is 0.805. The Morgan fingerprint density at radius 3 is 2.35 bits per heavy atom. The summed E-state index contributed by atoms with van der Waals surface area (Å²) in [6.07, 6.45) is 0. The Morgan fingerprint density at radius 1 is 1.41 bits per heavy atom. The van der Waals surface area contributed by atoms with Gasteiger partial charge >= 0.3 is 5.97 Å². The van der Waals surface area contributed by atoms with Gasteiger partial charge in [-0.1, -0.05) is 0 Å². The number of aromatic nitrogens is 1. The number of carboxylic acids is 1. The molecule has 0 aromatic carbocycles. The number of nitrogens with zero attached hydrogens (tertiary/aromatic N) is 1. The van der Waals surface area contributed by atoms with Gasteiger partial charge in [-0.2, -0.15) is 0 Å². The molecule has 17 heavy (non-hydrogen) atoms. The van der Waals surface area contributed by atoms with Crippen LogP contribution in [0.25, 0.3) is 0 Å². The second kappa shape index (κ2) is 4.93. The lowest BCUT2D eigenvalue weighted by atomic mass is 10.1. The molecule has 0 saturated heterocycles. The summed E-state index contributed by atoms with van der Waals surface area (Å²) < 4.78 is 0. The van der Waals surface area contributed by atoms with Crippen LogP contribution in [0, 0.1) is 0 Å². The van der Waals surface area contributed by atoms with E-state index in [1.54, 1.807) is 0 Å². The molecule has 0 aliphatic carbocycles. The number of nitrogens with one attached hydrogen (secondary N) is 1. The van der Waals surface area contributed by atoms with E-state index in [2.05, 4.69) is 10.3 Å². The second-order valence-corrected chi connectivity index (χ2v) is 5.83. The lowest BCUT2D eigenvalue weighted by Crippen LogP contribution is -2.35. The SMILES string of the molecule is CC(=O)c1sc(CNC(C)(C)C)nc1C(=O)O. The van der Waals surface area contributed by atoms with E-state index in [1.165, 1.54) is 6.92 Å². The van der Waals surface area contributed by atoms with Crippen LogP contribution in [0.5, 0.6) is 0 Å². The highest BCUT2D eigenvalue weighted by atomic mass is 32.1. The van der Waals surface area contributed by atoms with Crippen molar-refractivity contribution in [2.45, 2.75) is 39.8 Å². The lowest BCUT2D eigenvalue weighted by molar-refractivity contribution is 0.0687. The highest BCUT2D eigenvalue weighted by molar-refractivity contribution is 7.14. The molecule has 1 rings (SSSR count). The zero-order chi connectivity index (χ0) is 13.2. The third-order valence-electron chi connectivity index (χ3n) is 1.96. The summed E-state index contributed by atoms with van der Waals surface area (Å²) in [6, 6.07) is 0. The topological polar surface area (TPSA) is 79.3 Å². The molecule has 0 amide bonds. The minimum Gasteiger partial charge on any atom is -0.476 e. The molecular weight excluding hydrogens is 240 g/mol. The van der Waals surface area contributed by atoms with Crippen LogP contribution in [0.2, 0.25) is 0 Å². The van der Waals surface area contributed by atoms with Crippen LogP contribution < -0.4 is 5.32 Å². The lowest BCUT2D eigenvalue weighted by Gasteiger charge is -2.19. The predicted octanol–water partition coefficient (Wildman–Crippen LogP) is 1.93. The number of carboxylic acid groups (broad SMARTS) is 1. The first kappa shape index (κ1) is 13.8. The van der Waals surface area contributed by atoms with E-state index >= 15 is 0 Å². The number of thiazole rings is 1. The Kier molecular flexibility index (Phi) is 4.00. The number of hydrogen-bond donors (Lipinski definition) is 2. The molecule has 1 aromatic rings. The van der Waals surface area contributed by atoms with Gasteiger partial charge in [0, 0.05) is 19.0 Å². The first-order chi connectivity index (χ1) is 7.70. The summed E-state index contributed by atoms with van der Waals surface area (Å²) in [7, 11) is 0. The van der Waals surface area contributed by atoms with Crippen LogP contribution in [0.4, 0.5) is 0 Å². The molecule has 0 atom stereocenters. The molecule has 0 fully saturated rings. The first-order valence-corrected chi connectivity index (χ1v) is 6.01. The van der Waals surface area contributed by atoms with Crippen molar-refractivity contribution >= 4 is 23.1 Å². The molecule has 0 aliphatic heterocycles. The van der Waals surface area contributed by atoms with Crippen molar-refractivity contribution in [3.8, 4) is 0 Å². The molecule has 94 valence electrons. The van der Waals surface area contributed by atoms with E-state index in [0.29, 0.717) is 11.6 Å². The van der Waals surface area contributed by atoms with Gasteiger partial charge in [0.15, 0.2) is 11.5 Å². The van der Waals surface area contributed by atoms with E-state index in [9.17, 15) is 9.59 Å². The fourth-order valence-corrected chi connectivity index (χ4v) is 2.05. The molecule has 0 saturated carbocycles. The molecule has 1 aromatic heterocycles. The summed E-state index contributed by atoms with van der Waals surface area (Å²) in [4.78, 5) is 26.4. The van der Waals surface area contributed by atoms with E-state index in [4.69, 9.17) is 5.11 Å². The summed E-state index contributed by atoms with van der Waals surface area (Å²) in [5, 5.41) is 12.7. The van der Waals surface area contributed by atoms with Gasteiger partial charge < -0.3 is 10.4 Å². The van der Waals surface area contributed by atoms with Crippen molar-refractivity contribution in [2.75, 3.05) is 0 Å².